The lowest BCUT2D eigenvalue weighted by atomic mass is 10.1. The van der Waals surface area contributed by atoms with Gasteiger partial charge in [-0.05, 0) is 36.4 Å². The predicted octanol–water partition coefficient (Wildman–Crippen LogP) is 4.17. The van der Waals surface area contributed by atoms with E-state index in [0.29, 0.717) is 48.4 Å². The molecule has 2 heterocycles. The Kier molecular flexibility index (Phi) is 6.61. The first-order chi connectivity index (χ1) is 15.6. The van der Waals surface area contributed by atoms with Crippen molar-refractivity contribution in [3.8, 4) is 22.8 Å². The molecule has 4 rings (SSSR count). The zero-order valence-electron chi connectivity index (χ0n) is 17.9. The van der Waals surface area contributed by atoms with Gasteiger partial charge in [-0.1, -0.05) is 23.7 Å². The summed E-state index contributed by atoms with van der Waals surface area (Å²) in [5, 5.41) is 12.3. The summed E-state index contributed by atoms with van der Waals surface area (Å²) in [5.41, 5.74) is 2.40. The highest BCUT2D eigenvalue weighted by molar-refractivity contribution is 6.30. The second kappa shape index (κ2) is 9.74. The fourth-order valence-electron chi connectivity index (χ4n) is 3.52. The van der Waals surface area contributed by atoms with Crippen LogP contribution in [0, 0.1) is 0 Å². The quantitative estimate of drug-likeness (QED) is 0.624. The summed E-state index contributed by atoms with van der Waals surface area (Å²) in [6, 6.07) is 16.5. The first-order valence-corrected chi connectivity index (χ1v) is 10.6. The van der Waals surface area contributed by atoms with Gasteiger partial charge in [-0.15, -0.1) is 10.2 Å². The monoisotopic (exact) mass is 453 g/mol. The van der Waals surface area contributed by atoms with E-state index in [1.807, 2.05) is 36.4 Å². The van der Waals surface area contributed by atoms with E-state index in [0.717, 1.165) is 17.1 Å². The SMILES string of the molecule is COc1ccc(NC(=O)N2CCN(c3ccc(-c4ccc(Cl)cc4)nn3)CC2)cc1OC. The van der Waals surface area contributed by atoms with Crippen molar-refractivity contribution in [1.29, 1.82) is 0 Å². The van der Waals surface area contributed by atoms with Crippen molar-refractivity contribution in [3.63, 3.8) is 0 Å². The van der Waals surface area contributed by atoms with Gasteiger partial charge >= 0.3 is 6.03 Å². The van der Waals surface area contributed by atoms with Gasteiger partial charge in [0.15, 0.2) is 17.3 Å². The Balaban J connectivity index is 1.33. The van der Waals surface area contributed by atoms with Gasteiger partial charge in [0.05, 0.1) is 19.9 Å². The number of carbonyl (C=O) groups is 1. The first kappa shape index (κ1) is 21.7. The van der Waals surface area contributed by atoms with Gasteiger partial charge in [-0.2, -0.15) is 0 Å². The van der Waals surface area contributed by atoms with Crippen LogP contribution < -0.4 is 19.7 Å². The van der Waals surface area contributed by atoms with E-state index < -0.39 is 0 Å². The Labute approximate surface area is 191 Å². The van der Waals surface area contributed by atoms with Crippen LogP contribution in [0.3, 0.4) is 0 Å². The molecule has 0 saturated carbocycles. The summed E-state index contributed by atoms with van der Waals surface area (Å²) in [6.07, 6.45) is 0. The number of halogens is 1. The van der Waals surface area contributed by atoms with Crippen LogP contribution in [-0.2, 0) is 0 Å². The van der Waals surface area contributed by atoms with Crippen molar-refractivity contribution in [1.82, 2.24) is 15.1 Å². The van der Waals surface area contributed by atoms with Gasteiger partial charge in [0.25, 0.3) is 0 Å². The Bertz CT molecular complexity index is 1070. The van der Waals surface area contributed by atoms with Crippen LogP contribution in [-0.4, -0.2) is 61.5 Å². The maximum Gasteiger partial charge on any atom is 0.321 e. The molecule has 2 amide bonds. The third kappa shape index (κ3) is 4.86. The molecule has 166 valence electrons. The highest BCUT2D eigenvalue weighted by Crippen LogP contribution is 2.30. The molecule has 0 atom stereocenters. The number of amides is 2. The second-order valence-corrected chi connectivity index (χ2v) is 7.69. The van der Waals surface area contributed by atoms with Crippen LogP contribution >= 0.6 is 11.6 Å². The first-order valence-electron chi connectivity index (χ1n) is 10.2. The minimum absolute atomic E-state index is 0.152. The Morgan fingerprint density at radius 3 is 2.25 bits per heavy atom. The third-order valence-corrected chi connectivity index (χ3v) is 5.57. The molecule has 32 heavy (non-hydrogen) atoms. The molecule has 1 fully saturated rings. The number of aromatic nitrogens is 2. The number of methoxy groups -OCH3 is 2. The average Bonchev–Trinajstić information content (AvgIpc) is 2.84. The third-order valence-electron chi connectivity index (χ3n) is 5.32. The number of hydrogen-bond acceptors (Lipinski definition) is 6. The fraction of sp³-hybridized carbons (Fsp3) is 0.261. The molecule has 8 nitrogen and oxygen atoms in total. The van der Waals surface area contributed by atoms with Crippen LogP contribution in [0.1, 0.15) is 0 Å². The van der Waals surface area contributed by atoms with Crippen molar-refractivity contribution in [2.45, 2.75) is 0 Å². The van der Waals surface area contributed by atoms with E-state index in [2.05, 4.69) is 20.4 Å². The highest BCUT2D eigenvalue weighted by Gasteiger charge is 2.22. The van der Waals surface area contributed by atoms with Crippen LogP contribution in [0.25, 0.3) is 11.3 Å². The lowest BCUT2D eigenvalue weighted by Crippen LogP contribution is -2.50. The largest absolute Gasteiger partial charge is 0.493 e. The van der Waals surface area contributed by atoms with Crippen molar-refractivity contribution < 1.29 is 14.3 Å². The van der Waals surface area contributed by atoms with E-state index in [4.69, 9.17) is 21.1 Å². The lowest BCUT2D eigenvalue weighted by molar-refractivity contribution is 0.208. The minimum atomic E-state index is -0.152. The van der Waals surface area contributed by atoms with Crippen molar-refractivity contribution >= 4 is 29.1 Å². The molecule has 0 aliphatic carbocycles. The van der Waals surface area contributed by atoms with E-state index in [1.165, 1.54) is 0 Å². The number of ether oxygens (including phenoxy) is 2. The summed E-state index contributed by atoms with van der Waals surface area (Å²) in [6.45, 7) is 2.52. The van der Waals surface area contributed by atoms with E-state index in [1.54, 1.807) is 37.3 Å². The van der Waals surface area contributed by atoms with E-state index in [9.17, 15) is 4.79 Å². The number of rotatable bonds is 5. The standard InChI is InChI=1S/C23H24ClN5O3/c1-31-20-9-7-18(15-21(20)32-2)25-23(30)29-13-11-28(12-14-29)22-10-8-19(26-27-22)16-3-5-17(24)6-4-16/h3-10,15H,11-14H2,1-2H3,(H,25,30). The molecular weight excluding hydrogens is 430 g/mol. The Morgan fingerprint density at radius 2 is 1.62 bits per heavy atom. The number of nitrogens with one attached hydrogen (secondary N) is 1. The van der Waals surface area contributed by atoms with Crippen molar-refractivity contribution in [3.05, 3.63) is 59.6 Å². The maximum absolute atomic E-state index is 12.7. The van der Waals surface area contributed by atoms with Gasteiger partial charge < -0.3 is 24.6 Å². The van der Waals surface area contributed by atoms with E-state index in [-0.39, 0.29) is 6.03 Å². The molecular formula is C23H24ClN5O3. The van der Waals surface area contributed by atoms with E-state index >= 15 is 0 Å². The van der Waals surface area contributed by atoms with Gasteiger partial charge in [0, 0.05) is 48.5 Å². The fourth-order valence-corrected chi connectivity index (χ4v) is 3.65. The van der Waals surface area contributed by atoms with Gasteiger partial charge in [-0.3, -0.25) is 0 Å². The highest BCUT2D eigenvalue weighted by atomic mass is 35.5. The Hall–Kier alpha value is -3.52. The molecule has 0 spiro atoms. The molecule has 1 saturated heterocycles. The van der Waals surface area contributed by atoms with Crippen LogP contribution in [0.5, 0.6) is 11.5 Å². The summed E-state index contributed by atoms with van der Waals surface area (Å²) >= 11 is 5.95. The molecule has 1 aliphatic heterocycles. The molecule has 1 N–H and O–H groups in total. The van der Waals surface area contributed by atoms with Gasteiger partial charge in [0.2, 0.25) is 0 Å². The Morgan fingerprint density at radius 1 is 0.906 bits per heavy atom. The summed E-state index contributed by atoms with van der Waals surface area (Å²) in [4.78, 5) is 16.6. The normalized spacial score (nSPS) is 13.6. The summed E-state index contributed by atoms with van der Waals surface area (Å²) < 4.78 is 10.5. The molecule has 9 heteroatoms. The summed E-state index contributed by atoms with van der Waals surface area (Å²) in [7, 11) is 3.14. The number of nitrogens with zero attached hydrogens (tertiary/aromatic N) is 4. The molecule has 3 aromatic rings. The van der Waals surface area contributed by atoms with Crippen molar-refractivity contribution in [2.24, 2.45) is 0 Å². The number of anilines is 2. The predicted molar refractivity (Wildman–Crippen MR) is 125 cm³/mol. The smallest absolute Gasteiger partial charge is 0.321 e. The van der Waals surface area contributed by atoms with Crippen LogP contribution in [0.2, 0.25) is 5.02 Å². The molecule has 2 aromatic carbocycles. The van der Waals surface area contributed by atoms with Gasteiger partial charge in [-0.25, -0.2) is 4.79 Å². The zero-order chi connectivity index (χ0) is 22.5. The molecule has 0 bridgehead atoms. The molecule has 0 radical (unpaired) electrons. The van der Waals surface area contributed by atoms with Crippen LogP contribution in [0.4, 0.5) is 16.3 Å². The number of benzene rings is 2. The number of urea groups is 1. The number of carbonyl (C=O) groups excluding carboxylic acids is 1. The second-order valence-electron chi connectivity index (χ2n) is 7.26. The van der Waals surface area contributed by atoms with Crippen molar-refractivity contribution in [2.75, 3.05) is 50.6 Å². The van der Waals surface area contributed by atoms with Gasteiger partial charge in [0.1, 0.15) is 0 Å². The number of hydrogen-bond donors (Lipinski definition) is 1. The topological polar surface area (TPSA) is 79.8 Å². The number of piperazine rings is 1. The summed E-state index contributed by atoms with van der Waals surface area (Å²) in [5.74, 6) is 1.97. The average molecular weight is 454 g/mol. The molecule has 0 unspecified atom stereocenters. The molecule has 1 aromatic heterocycles. The lowest BCUT2D eigenvalue weighted by Gasteiger charge is -2.35. The maximum atomic E-state index is 12.7. The van der Waals surface area contributed by atoms with Crippen LogP contribution in [0.15, 0.2) is 54.6 Å². The zero-order valence-corrected chi connectivity index (χ0v) is 18.7. The molecule has 1 aliphatic rings. The minimum Gasteiger partial charge on any atom is -0.493 e.